The van der Waals surface area contributed by atoms with Gasteiger partial charge in [-0.2, -0.15) is 0 Å². The zero-order valence-electron chi connectivity index (χ0n) is 10.0. The fourth-order valence-corrected chi connectivity index (χ4v) is 2.76. The van der Waals surface area contributed by atoms with Gasteiger partial charge in [-0.1, -0.05) is 19.3 Å². The van der Waals surface area contributed by atoms with E-state index in [4.69, 9.17) is 4.74 Å². The van der Waals surface area contributed by atoms with Gasteiger partial charge in [-0.15, -0.1) is 0 Å². The standard InChI is InChI=1S/C13H25NO/c1-14-13-4-2-3-12(13)8-10-15-9-7-11-5-6-11/h11-14H,2-10H2,1H3. The highest BCUT2D eigenvalue weighted by atomic mass is 16.5. The Morgan fingerprint density at radius 2 is 1.87 bits per heavy atom. The second kappa shape index (κ2) is 5.86. The summed E-state index contributed by atoms with van der Waals surface area (Å²) in [7, 11) is 2.09. The van der Waals surface area contributed by atoms with Gasteiger partial charge in [0.15, 0.2) is 0 Å². The third-order valence-electron chi connectivity index (χ3n) is 4.03. The van der Waals surface area contributed by atoms with Crippen molar-refractivity contribution in [3.63, 3.8) is 0 Å². The zero-order valence-corrected chi connectivity index (χ0v) is 10.0. The lowest BCUT2D eigenvalue weighted by Gasteiger charge is -2.18. The Kier molecular flexibility index (Phi) is 4.45. The molecule has 2 aliphatic rings. The molecule has 0 spiro atoms. The smallest absolute Gasteiger partial charge is 0.0469 e. The topological polar surface area (TPSA) is 21.3 Å². The molecule has 2 rings (SSSR count). The maximum atomic E-state index is 5.71. The van der Waals surface area contributed by atoms with Gasteiger partial charge in [-0.05, 0) is 44.6 Å². The van der Waals surface area contributed by atoms with Crippen molar-refractivity contribution in [1.29, 1.82) is 0 Å². The third kappa shape index (κ3) is 3.76. The highest BCUT2D eigenvalue weighted by Crippen LogP contribution is 2.32. The number of hydrogen-bond acceptors (Lipinski definition) is 2. The Hall–Kier alpha value is -0.0800. The van der Waals surface area contributed by atoms with Crippen LogP contribution >= 0.6 is 0 Å². The van der Waals surface area contributed by atoms with Gasteiger partial charge in [0, 0.05) is 19.3 Å². The minimum atomic E-state index is 0.761. The maximum Gasteiger partial charge on any atom is 0.0469 e. The van der Waals surface area contributed by atoms with E-state index >= 15 is 0 Å². The summed E-state index contributed by atoms with van der Waals surface area (Å²) in [6.45, 7) is 1.98. The molecule has 88 valence electrons. The summed E-state index contributed by atoms with van der Waals surface area (Å²) in [6.07, 6.45) is 9.64. The molecule has 2 aliphatic carbocycles. The highest BCUT2D eigenvalue weighted by molar-refractivity contribution is 4.81. The number of hydrogen-bond donors (Lipinski definition) is 1. The van der Waals surface area contributed by atoms with Crippen LogP contribution < -0.4 is 5.32 Å². The molecule has 0 aromatic carbocycles. The molecule has 0 radical (unpaired) electrons. The van der Waals surface area contributed by atoms with Gasteiger partial charge >= 0.3 is 0 Å². The molecule has 2 unspecified atom stereocenters. The highest BCUT2D eigenvalue weighted by Gasteiger charge is 2.25. The van der Waals surface area contributed by atoms with Crippen molar-refractivity contribution in [2.45, 2.75) is 51.0 Å². The molecule has 0 aliphatic heterocycles. The second-order valence-electron chi connectivity index (χ2n) is 5.22. The van der Waals surface area contributed by atoms with Crippen LogP contribution in [0, 0.1) is 11.8 Å². The van der Waals surface area contributed by atoms with Crippen LogP contribution in [0.4, 0.5) is 0 Å². The minimum Gasteiger partial charge on any atom is -0.381 e. The van der Waals surface area contributed by atoms with Crippen molar-refractivity contribution < 1.29 is 4.74 Å². The van der Waals surface area contributed by atoms with Crippen molar-refractivity contribution in [3.05, 3.63) is 0 Å². The van der Waals surface area contributed by atoms with Gasteiger partial charge < -0.3 is 10.1 Å². The monoisotopic (exact) mass is 211 g/mol. The summed E-state index contributed by atoms with van der Waals surface area (Å²) in [6, 6.07) is 0.761. The van der Waals surface area contributed by atoms with E-state index in [0.29, 0.717) is 0 Å². The predicted octanol–water partition coefficient (Wildman–Crippen LogP) is 2.58. The number of rotatable bonds is 7. The zero-order chi connectivity index (χ0) is 10.5. The van der Waals surface area contributed by atoms with Gasteiger partial charge in [-0.25, -0.2) is 0 Å². The van der Waals surface area contributed by atoms with Crippen molar-refractivity contribution in [2.24, 2.45) is 11.8 Å². The first-order valence-electron chi connectivity index (χ1n) is 6.65. The minimum absolute atomic E-state index is 0.761. The molecule has 2 heteroatoms. The van der Waals surface area contributed by atoms with E-state index in [2.05, 4.69) is 12.4 Å². The van der Waals surface area contributed by atoms with Crippen LogP contribution in [0.1, 0.15) is 44.9 Å². The first kappa shape index (κ1) is 11.4. The molecular weight excluding hydrogens is 186 g/mol. The summed E-state index contributed by atoms with van der Waals surface area (Å²) in [5.41, 5.74) is 0. The summed E-state index contributed by atoms with van der Waals surface area (Å²) in [5.74, 6) is 1.89. The van der Waals surface area contributed by atoms with E-state index in [9.17, 15) is 0 Å². The second-order valence-corrected chi connectivity index (χ2v) is 5.22. The Bertz CT molecular complexity index is 179. The molecule has 2 nitrogen and oxygen atoms in total. The lowest BCUT2D eigenvalue weighted by Crippen LogP contribution is -2.29. The van der Waals surface area contributed by atoms with Gasteiger partial charge in [0.25, 0.3) is 0 Å². The average Bonchev–Trinajstić information content (AvgIpc) is 2.96. The van der Waals surface area contributed by atoms with Gasteiger partial charge in [0.2, 0.25) is 0 Å². The SMILES string of the molecule is CNC1CCCC1CCOCCC1CC1. The largest absolute Gasteiger partial charge is 0.381 e. The van der Waals surface area contributed by atoms with E-state index in [0.717, 1.165) is 31.1 Å². The number of nitrogens with one attached hydrogen (secondary N) is 1. The van der Waals surface area contributed by atoms with E-state index in [1.54, 1.807) is 0 Å². The van der Waals surface area contributed by atoms with Crippen LogP contribution in [0.2, 0.25) is 0 Å². The molecule has 0 aromatic rings. The van der Waals surface area contributed by atoms with Gasteiger partial charge in [-0.3, -0.25) is 0 Å². The molecule has 1 N–H and O–H groups in total. The fraction of sp³-hybridized carbons (Fsp3) is 1.00. The van der Waals surface area contributed by atoms with Crippen LogP contribution in [0.5, 0.6) is 0 Å². The van der Waals surface area contributed by atoms with E-state index in [1.807, 2.05) is 0 Å². The third-order valence-corrected chi connectivity index (χ3v) is 4.03. The summed E-state index contributed by atoms with van der Waals surface area (Å²) in [5, 5.41) is 3.43. The molecule has 0 saturated heterocycles. The Morgan fingerprint density at radius 1 is 1.07 bits per heavy atom. The first-order chi connectivity index (χ1) is 7.40. The fourth-order valence-electron chi connectivity index (χ4n) is 2.76. The lowest BCUT2D eigenvalue weighted by molar-refractivity contribution is 0.112. The molecule has 15 heavy (non-hydrogen) atoms. The molecular formula is C13H25NO. The van der Waals surface area contributed by atoms with Gasteiger partial charge in [0.1, 0.15) is 0 Å². The molecule has 0 bridgehead atoms. The Labute approximate surface area is 93.8 Å². The molecule has 2 saturated carbocycles. The normalized spacial score (nSPS) is 31.0. The summed E-state index contributed by atoms with van der Waals surface area (Å²) >= 11 is 0. The van der Waals surface area contributed by atoms with E-state index in [1.165, 1.54) is 44.9 Å². The van der Waals surface area contributed by atoms with E-state index in [-0.39, 0.29) is 0 Å². The van der Waals surface area contributed by atoms with E-state index < -0.39 is 0 Å². The Morgan fingerprint density at radius 3 is 2.60 bits per heavy atom. The quantitative estimate of drug-likeness (QED) is 0.654. The molecule has 0 aromatic heterocycles. The first-order valence-corrected chi connectivity index (χ1v) is 6.65. The van der Waals surface area contributed by atoms with Crippen LogP contribution in [0.15, 0.2) is 0 Å². The molecule has 0 amide bonds. The van der Waals surface area contributed by atoms with Crippen LogP contribution in [0.25, 0.3) is 0 Å². The van der Waals surface area contributed by atoms with Crippen LogP contribution in [-0.4, -0.2) is 26.3 Å². The van der Waals surface area contributed by atoms with Crippen molar-refractivity contribution in [3.8, 4) is 0 Å². The van der Waals surface area contributed by atoms with Gasteiger partial charge in [0.05, 0.1) is 0 Å². The Balaban J connectivity index is 1.48. The summed E-state index contributed by atoms with van der Waals surface area (Å²) in [4.78, 5) is 0. The van der Waals surface area contributed by atoms with Crippen molar-refractivity contribution in [2.75, 3.05) is 20.3 Å². The average molecular weight is 211 g/mol. The van der Waals surface area contributed by atoms with Crippen molar-refractivity contribution in [1.82, 2.24) is 5.32 Å². The maximum absolute atomic E-state index is 5.71. The lowest BCUT2D eigenvalue weighted by atomic mass is 10.0. The predicted molar refractivity (Wildman–Crippen MR) is 63.0 cm³/mol. The number of ether oxygens (including phenoxy) is 1. The summed E-state index contributed by atoms with van der Waals surface area (Å²) < 4.78 is 5.71. The van der Waals surface area contributed by atoms with Crippen molar-refractivity contribution >= 4 is 0 Å². The van der Waals surface area contributed by atoms with Crippen LogP contribution in [0.3, 0.4) is 0 Å². The van der Waals surface area contributed by atoms with Crippen LogP contribution in [-0.2, 0) is 4.74 Å². The molecule has 0 heterocycles. The molecule has 2 fully saturated rings. The molecule has 2 atom stereocenters.